The summed E-state index contributed by atoms with van der Waals surface area (Å²) in [7, 11) is 4.51. The lowest BCUT2D eigenvalue weighted by Crippen LogP contribution is -2.24. The maximum atomic E-state index is 12.9. The molecule has 0 saturated heterocycles. The van der Waals surface area contributed by atoms with E-state index >= 15 is 0 Å². The molecule has 0 aliphatic heterocycles. The number of carbonyl (C=O) groups is 2. The van der Waals surface area contributed by atoms with Crippen LogP contribution in [-0.4, -0.2) is 38.1 Å². The van der Waals surface area contributed by atoms with Gasteiger partial charge in [-0.25, -0.2) is 4.98 Å². The SMILES string of the molecule is COc1cc(C(=O)Nc2ccc3sc(NC(=O)C4CCCCC4)nc3c2)cc(OC)c1OC. The summed E-state index contributed by atoms with van der Waals surface area (Å²) in [6.45, 7) is 0. The van der Waals surface area contributed by atoms with Crippen LogP contribution in [0.1, 0.15) is 42.5 Å². The van der Waals surface area contributed by atoms with Crippen molar-refractivity contribution in [3.8, 4) is 17.2 Å². The molecule has 1 aliphatic carbocycles. The number of methoxy groups -OCH3 is 3. The molecule has 0 spiro atoms. The van der Waals surface area contributed by atoms with Crippen LogP contribution in [-0.2, 0) is 4.79 Å². The summed E-state index contributed by atoms with van der Waals surface area (Å²) in [6.07, 6.45) is 5.29. The number of nitrogens with one attached hydrogen (secondary N) is 2. The number of hydrogen-bond acceptors (Lipinski definition) is 7. The van der Waals surface area contributed by atoms with Crippen molar-refractivity contribution < 1.29 is 23.8 Å². The van der Waals surface area contributed by atoms with E-state index in [0.29, 0.717) is 39.1 Å². The number of rotatable bonds is 7. The van der Waals surface area contributed by atoms with E-state index < -0.39 is 0 Å². The molecule has 2 amide bonds. The van der Waals surface area contributed by atoms with Crippen LogP contribution < -0.4 is 24.8 Å². The molecule has 1 heterocycles. The van der Waals surface area contributed by atoms with E-state index in [4.69, 9.17) is 14.2 Å². The summed E-state index contributed by atoms with van der Waals surface area (Å²) in [5.41, 5.74) is 1.67. The quantitative estimate of drug-likeness (QED) is 0.500. The van der Waals surface area contributed by atoms with Crippen LogP contribution in [0.15, 0.2) is 30.3 Å². The average Bonchev–Trinajstić information content (AvgIpc) is 3.24. The van der Waals surface area contributed by atoms with Gasteiger partial charge in [-0.1, -0.05) is 30.6 Å². The predicted molar refractivity (Wildman–Crippen MR) is 129 cm³/mol. The third kappa shape index (κ3) is 5.03. The zero-order chi connectivity index (χ0) is 23.4. The summed E-state index contributed by atoms with van der Waals surface area (Å²) < 4.78 is 16.9. The summed E-state index contributed by atoms with van der Waals surface area (Å²) in [5, 5.41) is 6.42. The Bertz CT molecular complexity index is 1150. The lowest BCUT2D eigenvalue weighted by atomic mass is 9.89. The monoisotopic (exact) mass is 469 g/mol. The van der Waals surface area contributed by atoms with Gasteiger partial charge in [-0.15, -0.1) is 0 Å². The van der Waals surface area contributed by atoms with Crippen LogP contribution >= 0.6 is 11.3 Å². The van der Waals surface area contributed by atoms with Gasteiger partial charge in [0.15, 0.2) is 16.6 Å². The maximum absolute atomic E-state index is 12.9. The minimum atomic E-state index is -0.324. The molecule has 1 aliphatic rings. The van der Waals surface area contributed by atoms with Gasteiger partial charge >= 0.3 is 0 Å². The second-order valence-electron chi connectivity index (χ2n) is 7.89. The van der Waals surface area contributed by atoms with E-state index in [1.807, 2.05) is 12.1 Å². The highest BCUT2D eigenvalue weighted by atomic mass is 32.1. The molecule has 1 saturated carbocycles. The Morgan fingerprint density at radius 2 is 1.64 bits per heavy atom. The van der Waals surface area contributed by atoms with Crippen LogP contribution in [0.5, 0.6) is 17.2 Å². The van der Waals surface area contributed by atoms with Gasteiger partial charge in [-0.3, -0.25) is 9.59 Å². The van der Waals surface area contributed by atoms with Crippen LogP contribution in [0, 0.1) is 5.92 Å². The summed E-state index contributed by atoms with van der Waals surface area (Å²) in [5.74, 6) is 1.01. The van der Waals surface area contributed by atoms with Crippen LogP contribution in [0.25, 0.3) is 10.2 Å². The van der Waals surface area contributed by atoms with Crippen LogP contribution in [0.4, 0.5) is 10.8 Å². The predicted octanol–water partition coefficient (Wildman–Crippen LogP) is 5.09. The van der Waals surface area contributed by atoms with Gasteiger partial charge < -0.3 is 24.8 Å². The number of amides is 2. The number of anilines is 2. The molecule has 2 N–H and O–H groups in total. The van der Waals surface area contributed by atoms with Gasteiger partial charge in [0.1, 0.15) is 0 Å². The fourth-order valence-corrected chi connectivity index (χ4v) is 4.90. The normalized spacial score (nSPS) is 14.0. The van der Waals surface area contributed by atoms with E-state index in [0.717, 1.165) is 30.4 Å². The summed E-state index contributed by atoms with van der Waals surface area (Å²) in [6, 6.07) is 8.67. The molecule has 9 heteroatoms. The molecule has 4 rings (SSSR count). The molecular formula is C24H27N3O5S. The molecule has 3 aromatic rings. The molecule has 8 nitrogen and oxygen atoms in total. The molecule has 0 bridgehead atoms. The minimum absolute atomic E-state index is 0.0460. The number of nitrogens with zero attached hydrogens (tertiary/aromatic N) is 1. The molecule has 0 atom stereocenters. The van der Waals surface area contributed by atoms with Gasteiger partial charge in [-0.05, 0) is 43.2 Å². The Kier molecular flexibility index (Phi) is 6.98. The first-order chi connectivity index (χ1) is 16.0. The number of carbonyl (C=O) groups excluding carboxylic acids is 2. The lowest BCUT2D eigenvalue weighted by Gasteiger charge is -2.19. The van der Waals surface area contributed by atoms with Crippen molar-refractivity contribution in [2.24, 2.45) is 5.92 Å². The highest BCUT2D eigenvalue weighted by molar-refractivity contribution is 7.22. The van der Waals surface area contributed by atoms with Gasteiger partial charge in [-0.2, -0.15) is 0 Å². The summed E-state index contributed by atoms with van der Waals surface area (Å²) >= 11 is 1.42. The van der Waals surface area contributed by atoms with E-state index in [-0.39, 0.29) is 17.7 Å². The average molecular weight is 470 g/mol. The van der Waals surface area contributed by atoms with Crippen molar-refractivity contribution >= 4 is 44.2 Å². The van der Waals surface area contributed by atoms with Gasteiger partial charge in [0.05, 0.1) is 31.5 Å². The van der Waals surface area contributed by atoms with Crippen molar-refractivity contribution in [1.82, 2.24) is 4.98 Å². The lowest BCUT2D eigenvalue weighted by molar-refractivity contribution is -0.120. The van der Waals surface area contributed by atoms with E-state index in [2.05, 4.69) is 15.6 Å². The first kappa shape index (κ1) is 22.8. The highest BCUT2D eigenvalue weighted by Gasteiger charge is 2.22. The smallest absolute Gasteiger partial charge is 0.255 e. The number of hydrogen-bond donors (Lipinski definition) is 2. The third-order valence-electron chi connectivity index (χ3n) is 5.78. The van der Waals surface area contributed by atoms with Gasteiger partial charge in [0, 0.05) is 17.2 Å². The number of benzene rings is 2. The first-order valence-electron chi connectivity index (χ1n) is 10.8. The molecule has 2 aromatic carbocycles. The standard InChI is InChI=1S/C24H27N3O5S/c1-30-18-11-15(12-19(31-2)21(18)32-3)23(29)25-16-9-10-20-17(13-16)26-24(33-20)27-22(28)14-7-5-4-6-8-14/h9-14H,4-8H2,1-3H3,(H,25,29)(H,26,27,28). The molecule has 1 fully saturated rings. The number of aromatic nitrogens is 1. The van der Waals surface area contributed by atoms with Crippen LogP contribution in [0.2, 0.25) is 0 Å². The van der Waals surface area contributed by atoms with Gasteiger partial charge in [0.25, 0.3) is 5.91 Å². The zero-order valence-electron chi connectivity index (χ0n) is 18.9. The molecule has 174 valence electrons. The fourth-order valence-electron chi connectivity index (χ4n) is 4.05. The Labute approximate surface area is 196 Å². The third-order valence-corrected chi connectivity index (χ3v) is 6.73. The topological polar surface area (TPSA) is 98.8 Å². The molecule has 0 radical (unpaired) electrons. The molecule has 0 unspecified atom stereocenters. The first-order valence-corrected chi connectivity index (χ1v) is 11.7. The zero-order valence-corrected chi connectivity index (χ0v) is 19.7. The largest absolute Gasteiger partial charge is 0.493 e. The van der Waals surface area contributed by atoms with E-state index in [1.165, 1.54) is 39.1 Å². The van der Waals surface area contributed by atoms with E-state index in [1.54, 1.807) is 18.2 Å². The van der Waals surface area contributed by atoms with E-state index in [9.17, 15) is 9.59 Å². The fraction of sp³-hybridized carbons (Fsp3) is 0.375. The molecular weight excluding hydrogens is 442 g/mol. The Morgan fingerprint density at radius 3 is 2.27 bits per heavy atom. The highest BCUT2D eigenvalue weighted by Crippen LogP contribution is 2.38. The Balaban J connectivity index is 1.50. The molecule has 33 heavy (non-hydrogen) atoms. The van der Waals surface area contributed by atoms with Crippen molar-refractivity contribution in [3.63, 3.8) is 0 Å². The maximum Gasteiger partial charge on any atom is 0.255 e. The second-order valence-corrected chi connectivity index (χ2v) is 8.92. The van der Waals surface area contributed by atoms with Crippen molar-refractivity contribution in [2.75, 3.05) is 32.0 Å². The Hall–Kier alpha value is -3.33. The minimum Gasteiger partial charge on any atom is -0.493 e. The van der Waals surface area contributed by atoms with Crippen LogP contribution in [0.3, 0.4) is 0 Å². The second kappa shape index (κ2) is 10.1. The van der Waals surface area contributed by atoms with Crippen molar-refractivity contribution in [1.29, 1.82) is 0 Å². The summed E-state index contributed by atoms with van der Waals surface area (Å²) in [4.78, 5) is 30.0. The molecule has 1 aromatic heterocycles. The number of fused-ring (bicyclic) bond motifs is 1. The van der Waals surface area contributed by atoms with Crippen molar-refractivity contribution in [3.05, 3.63) is 35.9 Å². The van der Waals surface area contributed by atoms with Gasteiger partial charge in [0.2, 0.25) is 11.7 Å². The van der Waals surface area contributed by atoms with Crippen molar-refractivity contribution in [2.45, 2.75) is 32.1 Å². The number of ether oxygens (including phenoxy) is 3. The Morgan fingerprint density at radius 1 is 0.939 bits per heavy atom. The number of thiazole rings is 1.